The van der Waals surface area contributed by atoms with Gasteiger partial charge in [-0.25, -0.2) is 4.98 Å². The second kappa shape index (κ2) is 8.15. The molecule has 0 spiro atoms. The van der Waals surface area contributed by atoms with Crippen molar-refractivity contribution in [2.75, 3.05) is 10.6 Å². The van der Waals surface area contributed by atoms with E-state index in [4.69, 9.17) is 5.26 Å². The molecule has 0 aliphatic carbocycles. The molecule has 5 heteroatoms. The van der Waals surface area contributed by atoms with Crippen LogP contribution in [0.4, 0.5) is 17.1 Å². The molecular weight excluding hydrogens is 336 g/mol. The van der Waals surface area contributed by atoms with Crippen molar-refractivity contribution >= 4 is 23.0 Å². The molecule has 3 aromatic rings. The maximum atomic E-state index is 12.5. The largest absolute Gasteiger partial charge is 0.353 e. The molecule has 0 aliphatic rings. The van der Waals surface area contributed by atoms with E-state index < -0.39 is 0 Å². The van der Waals surface area contributed by atoms with E-state index in [-0.39, 0.29) is 5.91 Å². The monoisotopic (exact) mass is 356 g/mol. The molecule has 1 heterocycles. The molecule has 0 bridgehead atoms. The van der Waals surface area contributed by atoms with Gasteiger partial charge >= 0.3 is 0 Å². The Morgan fingerprint density at radius 2 is 1.70 bits per heavy atom. The van der Waals surface area contributed by atoms with Crippen LogP contribution >= 0.6 is 0 Å². The number of anilines is 3. The summed E-state index contributed by atoms with van der Waals surface area (Å²) in [5.74, 6) is 0.0494. The molecule has 27 heavy (non-hydrogen) atoms. The fourth-order valence-corrected chi connectivity index (χ4v) is 2.75. The summed E-state index contributed by atoms with van der Waals surface area (Å²) in [6.07, 6.45) is 1.58. The Morgan fingerprint density at radius 1 is 1.00 bits per heavy atom. The van der Waals surface area contributed by atoms with Crippen molar-refractivity contribution in [3.63, 3.8) is 0 Å². The third kappa shape index (κ3) is 4.31. The summed E-state index contributed by atoms with van der Waals surface area (Å²) in [6, 6.07) is 20.5. The summed E-state index contributed by atoms with van der Waals surface area (Å²) in [6.45, 7) is 4.17. The number of pyridine rings is 1. The van der Waals surface area contributed by atoms with Crippen molar-refractivity contribution in [2.45, 2.75) is 19.8 Å². The van der Waals surface area contributed by atoms with Crippen LogP contribution < -0.4 is 10.6 Å². The molecule has 3 rings (SSSR count). The van der Waals surface area contributed by atoms with Gasteiger partial charge in [-0.3, -0.25) is 4.79 Å². The van der Waals surface area contributed by atoms with Crippen LogP contribution in [0.25, 0.3) is 0 Å². The Bertz CT molecular complexity index is 988. The molecule has 0 atom stereocenters. The first kappa shape index (κ1) is 18.2. The minimum atomic E-state index is -0.257. The molecule has 0 fully saturated rings. The van der Waals surface area contributed by atoms with Gasteiger partial charge in [-0.2, -0.15) is 5.26 Å². The van der Waals surface area contributed by atoms with Crippen LogP contribution in [0.15, 0.2) is 66.9 Å². The highest BCUT2D eigenvalue weighted by molar-refractivity contribution is 6.03. The predicted molar refractivity (Wildman–Crippen MR) is 107 cm³/mol. The van der Waals surface area contributed by atoms with Gasteiger partial charge in [-0.1, -0.05) is 44.2 Å². The molecule has 134 valence electrons. The van der Waals surface area contributed by atoms with Crippen molar-refractivity contribution in [3.8, 4) is 6.07 Å². The van der Waals surface area contributed by atoms with E-state index in [1.165, 1.54) is 0 Å². The smallest absolute Gasteiger partial charge is 0.274 e. The van der Waals surface area contributed by atoms with Crippen molar-refractivity contribution in [3.05, 3.63) is 83.7 Å². The van der Waals surface area contributed by atoms with E-state index in [9.17, 15) is 4.79 Å². The highest BCUT2D eigenvalue weighted by Crippen LogP contribution is 2.24. The first-order valence-corrected chi connectivity index (χ1v) is 8.71. The van der Waals surface area contributed by atoms with Crippen LogP contribution in [0.3, 0.4) is 0 Å². The second-order valence-electron chi connectivity index (χ2n) is 6.41. The minimum absolute atomic E-state index is 0.257. The number of hydrogen-bond donors (Lipinski definition) is 2. The van der Waals surface area contributed by atoms with Crippen molar-refractivity contribution in [2.24, 2.45) is 0 Å². The molecule has 0 unspecified atom stereocenters. The Morgan fingerprint density at radius 3 is 2.37 bits per heavy atom. The molecule has 1 amide bonds. The summed E-state index contributed by atoms with van der Waals surface area (Å²) in [5, 5.41) is 15.2. The SMILES string of the molecule is CC(C)c1ccccc1NC(=O)c1ccc(Nc2ccccc2C#N)cn1. The molecule has 0 aliphatic heterocycles. The number of aromatic nitrogens is 1. The normalized spacial score (nSPS) is 10.3. The maximum Gasteiger partial charge on any atom is 0.274 e. The third-order valence-corrected chi connectivity index (χ3v) is 4.15. The fourth-order valence-electron chi connectivity index (χ4n) is 2.75. The number of nitriles is 1. The third-order valence-electron chi connectivity index (χ3n) is 4.15. The predicted octanol–water partition coefficient (Wildman–Crippen LogP) is 5.07. The van der Waals surface area contributed by atoms with E-state index >= 15 is 0 Å². The van der Waals surface area contributed by atoms with Gasteiger partial charge in [0, 0.05) is 5.69 Å². The Kier molecular flexibility index (Phi) is 5.48. The van der Waals surface area contributed by atoms with Crippen LogP contribution in [0.5, 0.6) is 0 Å². The Labute approximate surface area is 158 Å². The molecule has 1 aromatic heterocycles. The van der Waals surface area contributed by atoms with Gasteiger partial charge in [0.2, 0.25) is 0 Å². The standard InChI is InChI=1S/C22H20N4O/c1-15(2)18-8-4-6-10-20(18)26-22(27)21-12-11-17(14-24-21)25-19-9-5-3-7-16(19)13-23/h3-12,14-15,25H,1-2H3,(H,26,27). The van der Waals surface area contributed by atoms with E-state index in [1.807, 2.05) is 42.5 Å². The van der Waals surface area contributed by atoms with Gasteiger partial charge in [-0.15, -0.1) is 0 Å². The van der Waals surface area contributed by atoms with E-state index in [0.717, 1.165) is 11.3 Å². The zero-order chi connectivity index (χ0) is 19.2. The topological polar surface area (TPSA) is 77.8 Å². The number of nitrogens with zero attached hydrogens (tertiary/aromatic N) is 2. The summed E-state index contributed by atoms with van der Waals surface area (Å²) in [7, 11) is 0. The van der Waals surface area contributed by atoms with Crippen LogP contribution in [0.2, 0.25) is 0 Å². The lowest BCUT2D eigenvalue weighted by molar-refractivity contribution is 0.102. The fraction of sp³-hybridized carbons (Fsp3) is 0.136. The van der Waals surface area contributed by atoms with Crippen LogP contribution in [-0.2, 0) is 0 Å². The lowest BCUT2D eigenvalue weighted by Crippen LogP contribution is -2.15. The number of benzene rings is 2. The van der Waals surface area contributed by atoms with Crippen molar-refractivity contribution < 1.29 is 4.79 Å². The van der Waals surface area contributed by atoms with Crippen molar-refractivity contribution in [1.82, 2.24) is 4.98 Å². The highest BCUT2D eigenvalue weighted by Gasteiger charge is 2.12. The summed E-state index contributed by atoms with van der Waals surface area (Å²) >= 11 is 0. The van der Waals surface area contributed by atoms with Crippen LogP contribution in [-0.4, -0.2) is 10.9 Å². The lowest BCUT2D eigenvalue weighted by Gasteiger charge is -2.13. The van der Waals surface area contributed by atoms with E-state index in [0.29, 0.717) is 28.6 Å². The average Bonchev–Trinajstić information content (AvgIpc) is 2.69. The molecule has 5 nitrogen and oxygen atoms in total. The molecule has 2 N–H and O–H groups in total. The first-order valence-electron chi connectivity index (χ1n) is 8.71. The number of amides is 1. The Hall–Kier alpha value is -3.65. The first-order chi connectivity index (χ1) is 13.1. The van der Waals surface area contributed by atoms with Gasteiger partial charge in [0.1, 0.15) is 11.8 Å². The minimum Gasteiger partial charge on any atom is -0.353 e. The number of nitrogens with one attached hydrogen (secondary N) is 2. The number of carbonyl (C=O) groups is 1. The Balaban J connectivity index is 1.74. The highest BCUT2D eigenvalue weighted by atomic mass is 16.1. The van der Waals surface area contributed by atoms with Crippen LogP contribution in [0.1, 0.15) is 41.4 Å². The maximum absolute atomic E-state index is 12.5. The van der Waals surface area contributed by atoms with Gasteiger partial charge in [0.25, 0.3) is 5.91 Å². The molecule has 0 radical (unpaired) electrons. The van der Waals surface area contributed by atoms with Crippen molar-refractivity contribution in [1.29, 1.82) is 5.26 Å². The van der Waals surface area contributed by atoms with Gasteiger partial charge in [0.05, 0.1) is 23.1 Å². The van der Waals surface area contributed by atoms with Crippen LogP contribution in [0, 0.1) is 11.3 Å². The number of para-hydroxylation sites is 2. The van der Waals surface area contributed by atoms with Gasteiger partial charge in [-0.05, 0) is 41.8 Å². The number of rotatable bonds is 5. The molecular formula is C22H20N4O. The van der Waals surface area contributed by atoms with Gasteiger partial charge < -0.3 is 10.6 Å². The van der Waals surface area contributed by atoms with E-state index in [1.54, 1.807) is 24.4 Å². The zero-order valence-electron chi connectivity index (χ0n) is 15.2. The quantitative estimate of drug-likeness (QED) is 0.669. The van der Waals surface area contributed by atoms with Gasteiger partial charge in [0.15, 0.2) is 0 Å². The zero-order valence-corrected chi connectivity index (χ0v) is 15.2. The lowest BCUT2D eigenvalue weighted by atomic mass is 10.0. The van der Waals surface area contributed by atoms with E-state index in [2.05, 4.69) is 35.5 Å². The summed E-state index contributed by atoms with van der Waals surface area (Å²) < 4.78 is 0. The summed E-state index contributed by atoms with van der Waals surface area (Å²) in [4.78, 5) is 16.8. The number of carbonyl (C=O) groups excluding carboxylic acids is 1. The average molecular weight is 356 g/mol. The summed E-state index contributed by atoms with van der Waals surface area (Å²) in [5.41, 5.74) is 4.15. The second-order valence-corrected chi connectivity index (χ2v) is 6.41. The molecule has 0 saturated heterocycles. The number of hydrogen-bond acceptors (Lipinski definition) is 4. The molecule has 0 saturated carbocycles. The molecule has 2 aromatic carbocycles.